The van der Waals surface area contributed by atoms with Crippen LogP contribution in [0.25, 0.3) is 0 Å². The van der Waals surface area contributed by atoms with E-state index in [1.54, 1.807) is 0 Å². The summed E-state index contributed by atoms with van der Waals surface area (Å²) in [5.74, 6) is 0.871. The topological polar surface area (TPSA) is 49.5 Å². The molecule has 1 heterocycles. The van der Waals surface area contributed by atoms with E-state index in [9.17, 15) is 5.11 Å². The fraction of sp³-hybridized carbons (Fsp3) is 1.00. The molecule has 3 nitrogen and oxygen atoms in total. The first-order valence-corrected chi connectivity index (χ1v) is 9.24. The second kappa shape index (κ2) is 7.43. The summed E-state index contributed by atoms with van der Waals surface area (Å²) in [5.41, 5.74) is 5.68. The van der Waals surface area contributed by atoms with Gasteiger partial charge >= 0.3 is 0 Å². The number of rotatable bonds is 5. The van der Waals surface area contributed by atoms with Crippen LogP contribution in [0.1, 0.15) is 71.6 Å². The zero-order valence-corrected chi connectivity index (χ0v) is 14.2. The summed E-state index contributed by atoms with van der Waals surface area (Å²) in [4.78, 5) is 2.48. The van der Waals surface area contributed by atoms with Gasteiger partial charge in [-0.1, -0.05) is 26.7 Å². The molecule has 0 aromatic carbocycles. The van der Waals surface area contributed by atoms with Gasteiger partial charge in [-0.15, -0.1) is 0 Å². The van der Waals surface area contributed by atoms with Crippen LogP contribution in [0.15, 0.2) is 0 Å². The average Bonchev–Trinajstić information content (AvgIpc) is 2.71. The van der Waals surface area contributed by atoms with Crippen LogP contribution in [0.5, 0.6) is 0 Å². The fourth-order valence-electron chi connectivity index (χ4n) is 4.81. The van der Waals surface area contributed by atoms with Crippen LogP contribution in [0.3, 0.4) is 0 Å². The van der Waals surface area contributed by atoms with Gasteiger partial charge in [0.05, 0.1) is 5.60 Å². The van der Waals surface area contributed by atoms with Crippen LogP contribution in [0.2, 0.25) is 0 Å². The SMILES string of the molecule is CCCC1CCC(CN)(C2(O)CCCN(CC)CC2)CC1. The largest absolute Gasteiger partial charge is 0.389 e. The number of nitrogens with zero attached hydrogens (tertiary/aromatic N) is 1. The summed E-state index contributed by atoms with van der Waals surface area (Å²) in [6.07, 6.45) is 10.4. The highest BCUT2D eigenvalue weighted by Gasteiger charge is 2.50. The molecule has 1 saturated heterocycles. The Hall–Kier alpha value is -0.120. The maximum absolute atomic E-state index is 11.4. The van der Waals surface area contributed by atoms with Gasteiger partial charge in [-0.2, -0.15) is 0 Å². The Labute approximate surface area is 131 Å². The van der Waals surface area contributed by atoms with Gasteiger partial charge in [0.1, 0.15) is 0 Å². The first-order chi connectivity index (χ1) is 10.1. The molecule has 0 radical (unpaired) electrons. The van der Waals surface area contributed by atoms with Crippen LogP contribution < -0.4 is 5.73 Å². The lowest BCUT2D eigenvalue weighted by Crippen LogP contribution is -2.54. The van der Waals surface area contributed by atoms with Gasteiger partial charge in [-0.3, -0.25) is 0 Å². The van der Waals surface area contributed by atoms with Crippen molar-refractivity contribution in [2.45, 2.75) is 77.2 Å². The van der Waals surface area contributed by atoms with Gasteiger partial charge in [0, 0.05) is 18.5 Å². The molecule has 1 unspecified atom stereocenters. The van der Waals surface area contributed by atoms with Crippen LogP contribution in [0.4, 0.5) is 0 Å². The van der Waals surface area contributed by atoms with Crippen LogP contribution in [-0.4, -0.2) is 41.8 Å². The normalized spacial score (nSPS) is 39.1. The zero-order chi connectivity index (χ0) is 15.3. The van der Waals surface area contributed by atoms with Gasteiger partial charge in [0.25, 0.3) is 0 Å². The van der Waals surface area contributed by atoms with Gasteiger partial charge < -0.3 is 15.7 Å². The third-order valence-corrected chi connectivity index (χ3v) is 6.49. The van der Waals surface area contributed by atoms with Gasteiger partial charge in [-0.25, -0.2) is 0 Å². The minimum atomic E-state index is -0.525. The first kappa shape index (κ1) is 17.2. The van der Waals surface area contributed by atoms with E-state index in [0.717, 1.165) is 57.7 Å². The number of likely N-dealkylation sites (tertiary alicyclic amines) is 1. The van der Waals surface area contributed by atoms with Crippen molar-refractivity contribution in [2.75, 3.05) is 26.2 Å². The minimum Gasteiger partial charge on any atom is -0.389 e. The summed E-state index contributed by atoms with van der Waals surface area (Å²) in [7, 11) is 0. The average molecular weight is 296 g/mol. The quantitative estimate of drug-likeness (QED) is 0.819. The molecule has 1 atom stereocenters. The Morgan fingerprint density at radius 2 is 1.81 bits per heavy atom. The maximum atomic E-state index is 11.4. The molecular weight excluding hydrogens is 260 g/mol. The molecule has 21 heavy (non-hydrogen) atoms. The number of hydrogen-bond donors (Lipinski definition) is 2. The molecule has 0 spiro atoms. The van der Waals surface area contributed by atoms with E-state index in [1.165, 1.54) is 25.7 Å². The van der Waals surface area contributed by atoms with Gasteiger partial charge in [0.2, 0.25) is 0 Å². The third-order valence-electron chi connectivity index (χ3n) is 6.49. The number of hydrogen-bond acceptors (Lipinski definition) is 3. The molecule has 2 aliphatic rings. The van der Waals surface area contributed by atoms with Crippen LogP contribution >= 0.6 is 0 Å². The standard InChI is InChI=1S/C18H36N2O/c1-3-6-16-7-10-17(15-19,11-8-16)18(21)9-5-13-20(4-2)14-12-18/h16,21H,3-15,19H2,1-2H3. The summed E-state index contributed by atoms with van der Waals surface area (Å²) in [6, 6.07) is 0. The molecule has 1 saturated carbocycles. The molecular formula is C18H36N2O. The van der Waals surface area contributed by atoms with Gasteiger partial charge in [0.15, 0.2) is 0 Å². The van der Waals surface area contributed by atoms with E-state index in [0.29, 0.717) is 6.54 Å². The molecule has 3 N–H and O–H groups in total. The van der Waals surface area contributed by atoms with E-state index in [1.807, 2.05) is 0 Å². The Balaban J connectivity index is 2.05. The highest BCUT2D eigenvalue weighted by molar-refractivity contribution is 5.03. The van der Waals surface area contributed by atoms with Crippen LogP contribution in [0, 0.1) is 11.3 Å². The van der Waals surface area contributed by atoms with Crippen molar-refractivity contribution >= 4 is 0 Å². The molecule has 1 aliphatic heterocycles. The van der Waals surface area contributed by atoms with E-state index in [-0.39, 0.29) is 5.41 Å². The molecule has 2 rings (SSSR count). The van der Waals surface area contributed by atoms with Crippen molar-refractivity contribution in [1.82, 2.24) is 4.90 Å². The molecule has 0 bridgehead atoms. The lowest BCUT2D eigenvalue weighted by Gasteiger charge is -2.50. The molecule has 1 aliphatic carbocycles. The van der Waals surface area contributed by atoms with Crippen molar-refractivity contribution in [3.05, 3.63) is 0 Å². The highest BCUT2D eigenvalue weighted by Crippen LogP contribution is 2.50. The fourth-order valence-corrected chi connectivity index (χ4v) is 4.81. The highest BCUT2D eigenvalue weighted by atomic mass is 16.3. The molecule has 0 aromatic heterocycles. The third kappa shape index (κ3) is 3.62. The van der Waals surface area contributed by atoms with E-state index >= 15 is 0 Å². The maximum Gasteiger partial charge on any atom is 0.0728 e. The van der Waals surface area contributed by atoms with Crippen molar-refractivity contribution in [3.8, 4) is 0 Å². The summed E-state index contributed by atoms with van der Waals surface area (Å²) in [5, 5.41) is 11.4. The number of nitrogens with two attached hydrogens (primary N) is 1. The predicted octanol–water partition coefficient (Wildman–Crippen LogP) is 3.16. The van der Waals surface area contributed by atoms with Gasteiger partial charge in [-0.05, 0) is 64.0 Å². The Morgan fingerprint density at radius 1 is 1.10 bits per heavy atom. The zero-order valence-electron chi connectivity index (χ0n) is 14.2. The molecule has 3 heteroatoms. The molecule has 0 amide bonds. The number of aliphatic hydroxyl groups is 1. The van der Waals surface area contributed by atoms with E-state index in [2.05, 4.69) is 18.7 Å². The Bertz CT molecular complexity index is 312. The minimum absolute atomic E-state index is 0.0129. The molecule has 124 valence electrons. The second-order valence-electron chi connectivity index (χ2n) is 7.54. The predicted molar refractivity (Wildman–Crippen MR) is 89.3 cm³/mol. The first-order valence-electron chi connectivity index (χ1n) is 9.24. The molecule has 0 aromatic rings. The van der Waals surface area contributed by atoms with Crippen LogP contribution in [-0.2, 0) is 0 Å². The smallest absolute Gasteiger partial charge is 0.0728 e. The van der Waals surface area contributed by atoms with Crippen molar-refractivity contribution < 1.29 is 5.11 Å². The van der Waals surface area contributed by atoms with Crippen molar-refractivity contribution in [3.63, 3.8) is 0 Å². The van der Waals surface area contributed by atoms with Crippen molar-refractivity contribution in [1.29, 1.82) is 0 Å². The van der Waals surface area contributed by atoms with E-state index in [4.69, 9.17) is 5.73 Å². The summed E-state index contributed by atoms with van der Waals surface area (Å²) >= 11 is 0. The summed E-state index contributed by atoms with van der Waals surface area (Å²) in [6.45, 7) is 8.44. The van der Waals surface area contributed by atoms with Crippen molar-refractivity contribution in [2.24, 2.45) is 17.1 Å². The second-order valence-corrected chi connectivity index (χ2v) is 7.54. The lowest BCUT2D eigenvalue weighted by molar-refractivity contribution is -0.114. The lowest BCUT2D eigenvalue weighted by atomic mass is 9.59. The molecule has 2 fully saturated rings. The summed E-state index contributed by atoms with van der Waals surface area (Å²) < 4.78 is 0. The Kier molecular flexibility index (Phi) is 6.10. The van der Waals surface area contributed by atoms with E-state index < -0.39 is 5.60 Å². The Morgan fingerprint density at radius 3 is 2.38 bits per heavy atom. The monoisotopic (exact) mass is 296 g/mol.